The van der Waals surface area contributed by atoms with E-state index in [9.17, 15) is 28.1 Å². The highest BCUT2D eigenvalue weighted by Crippen LogP contribution is 2.36. The van der Waals surface area contributed by atoms with Gasteiger partial charge in [-0.2, -0.15) is 0 Å². The Hall–Kier alpha value is -3.68. The van der Waals surface area contributed by atoms with Gasteiger partial charge in [0.2, 0.25) is 11.8 Å². The number of hydrogen-bond acceptors (Lipinski definition) is 7. The number of nitro groups is 1. The number of likely N-dealkylation sites (N-methyl/N-ethyl adjacent to an activating group) is 1. The minimum Gasteiger partial charge on any atom is -0.495 e. The van der Waals surface area contributed by atoms with Crippen molar-refractivity contribution in [2.45, 2.75) is 38.3 Å². The predicted molar refractivity (Wildman–Crippen MR) is 163 cm³/mol. The first-order valence-corrected chi connectivity index (χ1v) is 15.3. The number of ether oxygens (including phenoxy) is 1. The lowest BCUT2D eigenvalue weighted by Crippen LogP contribution is -2.51. The minimum absolute atomic E-state index is 0.000978. The number of amides is 2. The first kappa shape index (κ1) is 32.8. The third-order valence-corrected chi connectivity index (χ3v) is 8.96. The van der Waals surface area contributed by atoms with Crippen LogP contribution in [0.4, 0.5) is 11.4 Å². The summed E-state index contributed by atoms with van der Waals surface area (Å²) in [5.74, 6) is -1.04. The lowest BCUT2D eigenvalue weighted by Gasteiger charge is -2.32. The second kappa shape index (κ2) is 14.0. The fourth-order valence-corrected chi connectivity index (χ4v) is 6.00. The molecule has 1 atom stereocenters. The topological polar surface area (TPSA) is 139 Å². The van der Waals surface area contributed by atoms with Crippen LogP contribution in [0.3, 0.4) is 0 Å². The summed E-state index contributed by atoms with van der Waals surface area (Å²) in [5.41, 5.74) is 0.503. The molecule has 42 heavy (non-hydrogen) atoms. The quantitative estimate of drug-likeness (QED) is 0.208. The highest BCUT2D eigenvalue weighted by Gasteiger charge is 2.34. The average molecular weight is 682 g/mol. The van der Waals surface area contributed by atoms with Gasteiger partial charge >= 0.3 is 0 Å². The third-order valence-electron chi connectivity index (χ3n) is 6.44. The monoisotopic (exact) mass is 680 g/mol. The van der Waals surface area contributed by atoms with E-state index in [0.29, 0.717) is 12.1 Å². The van der Waals surface area contributed by atoms with E-state index in [0.717, 1.165) is 14.8 Å². The fourth-order valence-electron chi connectivity index (χ4n) is 4.14. The molecule has 0 radical (unpaired) electrons. The Morgan fingerprint density at radius 2 is 1.79 bits per heavy atom. The summed E-state index contributed by atoms with van der Waals surface area (Å²) >= 11 is 9.60. The Kier molecular flexibility index (Phi) is 10.9. The Morgan fingerprint density at radius 3 is 2.38 bits per heavy atom. The largest absolute Gasteiger partial charge is 0.495 e. The van der Waals surface area contributed by atoms with E-state index in [1.54, 1.807) is 38.1 Å². The Balaban J connectivity index is 2.16. The number of sulfonamides is 1. The van der Waals surface area contributed by atoms with E-state index in [1.807, 2.05) is 0 Å². The predicted octanol–water partition coefficient (Wildman–Crippen LogP) is 5.08. The zero-order chi connectivity index (χ0) is 31.2. The molecule has 14 heteroatoms. The van der Waals surface area contributed by atoms with Gasteiger partial charge in [0.1, 0.15) is 18.3 Å². The number of anilines is 1. The van der Waals surface area contributed by atoms with E-state index < -0.39 is 49.9 Å². The molecule has 2 amide bonds. The molecule has 3 aromatic rings. The van der Waals surface area contributed by atoms with Crippen LogP contribution in [0.25, 0.3) is 0 Å². The van der Waals surface area contributed by atoms with Crippen LogP contribution in [0.2, 0.25) is 5.02 Å². The second-order valence-electron chi connectivity index (χ2n) is 9.25. The molecule has 0 aromatic heterocycles. The maximum absolute atomic E-state index is 14.1. The Morgan fingerprint density at radius 1 is 1.12 bits per heavy atom. The van der Waals surface area contributed by atoms with Crippen molar-refractivity contribution in [2.75, 3.05) is 24.5 Å². The molecule has 11 nitrogen and oxygen atoms in total. The van der Waals surface area contributed by atoms with Crippen LogP contribution in [-0.4, -0.2) is 56.3 Å². The van der Waals surface area contributed by atoms with Crippen molar-refractivity contribution in [3.05, 3.63) is 91.4 Å². The normalized spacial score (nSPS) is 11.9. The SMILES string of the molecule is CCNC(=O)[C@H](C)N(Cc1ccc(Br)cc1)C(=O)CN(c1cc(Cl)ccc1OC)S(=O)(=O)c1ccc(C)c([N+](=O)[O-])c1. The van der Waals surface area contributed by atoms with E-state index in [4.69, 9.17) is 16.3 Å². The van der Waals surface area contributed by atoms with Crippen LogP contribution < -0.4 is 14.4 Å². The number of benzene rings is 3. The summed E-state index contributed by atoms with van der Waals surface area (Å²) in [7, 11) is -3.28. The number of carbonyl (C=O) groups excluding carboxylic acids is 2. The molecule has 0 aliphatic heterocycles. The van der Waals surface area contributed by atoms with Gasteiger partial charge in [-0.3, -0.25) is 24.0 Å². The third kappa shape index (κ3) is 7.58. The molecule has 0 spiro atoms. The molecule has 3 rings (SSSR count). The van der Waals surface area contributed by atoms with Gasteiger partial charge in [0.15, 0.2) is 0 Å². The standard InChI is InChI=1S/C28H30BrClN4O7S/c1-5-31-28(36)19(3)32(16-20-7-9-21(29)10-8-20)27(35)17-33(25-14-22(30)11-13-26(25)41-4)42(39,40)23-12-6-18(2)24(15-23)34(37)38/h6-15,19H,5,16-17H2,1-4H3,(H,31,36)/t19-/m0/s1. The van der Waals surface area contributed by atoms with E-state index in [1.165, 1.54) is 49.3 Å². The molecule has 224 valence electrons. The lowest BCUT2D eigenvalue weighted by molar-refractivity contribution is -0.385. The first-order valence-electron chi connectivity index (χ1n) is 12.7. The molecule has 0 unspecified atom stereocenters. The van der Waals surface area contributed by atoms with Crippen LogP contribution in [0, 0.1) is 17.0 Å². The van der Waals surface area contributed by atoms with Gasteiger partial charge < -0.3 is 15.0 Å². The summed E-state index contributed by atoms with van der Waals surface area (Å²) in [6.45, 7) is 4.34. The summed E-state index contributed by atoms with van der Waals surface area (Å²) in [4.78, 5) is 38.6. The average Bonchev–Trinajstić information content (AvgIpc) is 2.95. The first-order chi connectivity index (χ1) is 19.8. The molecule has 3 aromatic carbocycles. The number of carbonyl (C=O) groups is 2. The van der Waals surface area contributed by atoms with Crippen molar-refractivity contribution in [3.8, 4) is 5.75 Å². The number of hydrogen-bond donors (Lipinski definition) is 1. The molecule has 0 aliphatic carbocycles. The van der Waals surface area contributed by atoms with Crippen molar-refractivity contribution in [3.63, 3.8) is 0 Å². The van der Waals surface area contributed by atoms with Gasteiger partial charge in [0, 0.05) is 34.2 Å². The maximum atomic E-state index is 14.1. The van der Waals surface area contributed by atoms with Crippen molar-refractivity contribution < 1.29 is 27.7 Å². The molecule has 0 aliphatic rings. The van der Waals surface area contributed by atoms with Gasteiger partial charge in [-0.1, -0.05) is 45.7 Å². The minimum atomic E-state index is -4.60. The highest BCUT2D eigenvalue weighted by atomic mass is 79.9. The Labute approximate surface area is 257 Å². The number of halogens is 2. The summed E-state index contributed by atoms with van der Waals surface area (Å²) in [6, 6.07) is 13.9. The van der Waals surface area contributed by atoms with Crippen LogP contribution in [0.15, 0.2) is 70.0 Å². The molecule has 0 saturated carbocycles. The van der Waals surface area contributed by atoms with Crippen molar-refractivity contribution in [2.24, 2.45) is 0 Å². The number of rotatable bonds is 12. The summed E-state index contributed by atoms with van der Waals surface area (Å²) in [6.07, 6.45) is 0. The highest BCUT2D eigenvalue weighted by molar-refractivity contribution is 9.10. The number of nitrogens with zero attached hydrogens (tertiary/aromatic N) is 3. The zero-order valence-electron chi connectivity index (χ0n) is 23.3. The van der Waals surface area contributed by atoms with Crippen LogP contribution in [0.1, 0.15) is 25.0 Å². The van der Waals surface area contributed by atoms with Crippen molar-refractivity contribution in [1.82, 2.24) is 10.2 Å². The molecule has 0 heterocycles. The van der Waals surface area contributed by atoms with Gasteiger partial charge in [0.05, 0.1) is 22.6 Å². The van der Waals surface area contributed by atoms with Crippen molar-refractivity contribution in [1.29, 1.82) is 0 Å². The second-order valence-corrected chi connectivity index (χ2v) is 12.5. The molecular formula is C28H30BrClN4O7S. The van der Waals surface area contributed by atoms with Gasteiger partial charge in [-0.05, 0) is 62.7 Å². The molecule has 0 bridgehead atoms. The Bertz CT molecular complexity index is 1590. The molecular weight excluding hydrogens is 652 g/mol. The van der Waals surface area contributed by atoms with E-state index in [2.05, 4.69) is 21.2 Å². The van der Waals surface area contributed by atoms with Crippen LogP contribution in [0.5, 0.6) is 5.75 Å². The lowest BCUT2D eigenvalue weighted by atomic mass is 10.1. The number of methoxy groups -OCH3 is 1. The van der Waals surface area contributed by atoms with Crippen LogP contribution >= 0.6 is 27.5 Å². The number of aryl methyl sites for hydroxylation is 1. The van der Waals surface area contributed by atoms with Gasteiger partial charge in [-0.25, -0.2) is 8.42 Å². The smallest absolute Gasteiger partial charge is 0.273 e. The zero-order valence-corrected chi connectivity index (χ0v) is 26.5. The molecule has 0 saturated heterocycles. The maximum Gasteiger partial charge on any atom is 0.273 e. The summed E-state index contributed by atoms with van der Waals surface area (Å²) in [5, 5.41) is 14.5. The number of nitrogens with one attached hydrogen (secondary N) is 1. The molecule has 1 N–H and O–H groups in total. The van der Waals surface area contributed by atoms with Crippen molar-refractivity contribution >= 4 is 60.7 Å². The van der Waals surface area contributed by atoms with E-state index >= 15 is 0 Å². The molecule has 0 fully saturated rings. The number of nitro benzene ring substituents is 1. The van der Waals surface area contributed by atoms with Gasteiger partial charge in [-0.15, -0.1) is 0 Å². The van der Waals surface area contributed by atoms with Crippen LogP contribution in [-0.2, 0) is 26.2 Å². The van der Waals surface area contributed by atoms with E-state index in [-0.39, 0.29) is 28.6 Å². The summed E-state index contributed by atoms with van der Waals surface area (Å²) < 4.78 is 35.2. The van der Waals surface area contributed by atoms with Gasteiger partial charge in [0.25, 0.3) is 15.7 Å². The fraction of sp³-hybridized carbons (Fsp3) is 0.286.